The van der Waals surface area contributed by atoms with Crippen LogP contribution in [0.15, 0.2) is 65.1 Å². The number of benzene rings is 3. The molecule has 5 rings (SSSR count). The number of thiocarbonyl (C=S) groups is 1. The monoisotopic (exact) mass is 551 g/mol. The molecule has 2 bridgehead atoms. The summed E-state index contributed by atoms with van der Waals surface area (Å²) in [4.78, 5) is 15.9. The molecule has 1 amide bonds. The lowest BCUT2D eigenvalue weighted by Gasteiger charge is -2.56. The molecule has 2 aliphatic heterocycles. The van der Waals surface area contributed by atoms with Crippen molar-refractivity contribution in [3.8, 4) is 11.5 Å². The fraction of sp³-hybridized carbons (Fsp3) is 0.259. The Hall–Kier alpha value is -3.10. The van der Waals surface area contributed by atoms with E-state index in [1.165, 1.54) is 0 Å². The van der Waals surface area contributed by atoms with Crippen LogP contribution in [0, 0.1) is 19.8 Å². The molecule has 0 aromatic heterocycles. The van der Waals surface area contributed by atoms with Crippen molar-refractivity contribution in [3.05, 3.63) is 81.8 Å². The molecule has 180 valence electrons. The van der Waals surface area contributed by atoms with Gasteiger partial charge in [0.1, 0.15) is 17.4 Å². The minimum absolute atomic E-state index is 0.159. The van der Waals surface area contributed by atoms with Gasteiger partial charge >= 0.3 is 0 Å². The van der Waals surface area contributed by atoms with E-state index in [0.29, 0.717) is 16.6 Å². The third-order valence-electron chi connectivity index (χ3n) is 6.69. The van der Waals surface area contributed by atoms with Gasteiger partial charge in [-0.15, -0.1) is 0 Å². The van der Waals surface area contributed by atoms with Gasteiger partial charge in [0.2, 0.25) is 5.91 Å². The van der Waals surface area contributed by atoms with Crippen LogP contribution < -0.4 is 25.0 Å². The van der Waals surface area contributed by atoms with Crippen molar-refractivity contribution < 1.29 is 14.3 Å². The number of carbonyl (C=O) groups is 1. The van der Waals surface area contributed by atoms with Gasteiger partial charge in [-0.3, -0.25) is 9.69 Å². The van der Waals surface area contributed by atoms with E-state index < -0.39 is 17.7 Å². The molecular weight excluding hydrogens is 526 g/mol. The van der Waals surface area contributed by atoms with Gasteiger partial charge in [-0.2, -0.15) is 0 Å². The maximum absolute atomic E-state index is 14.0. The first kappa shape index (κ1) is 23.6. The second-order valence-electron chi connectivity index (χ2n) is 9.09. The molecule has 3 atom stereocenters. The summed E-state index contributed by atoms with van der Waals surface area (Å²) in [6.07, 6.45) is 0. The normalized spacial score (nSPS) is 22.5. The van der Waals surface area contributed by atoms with Gasteiger partial charge in [-0.05, 0) is 81.0 Å². The Bertz CT molecular complexity index is 1350. The standard InChI is InChI=1S/C27H26BrN3O3S/c1-15-8-10-21(16(2)12-15)29-25(32)23-24-20-14-19(33-4)9-11-22(20)34-27(23,3)31(26(35)30-24)18-7-5-6-17(28)13-18/h5-14,23-24H,1-4H3,(H,29,32)(H,30,35)/t23-,24+,27+/m0/s1. The third-order valence-corrected chi connectivity index (χ3v) is 7.49. The molecule has 6 nitrogen and oxygen atoms in total. The molecule has 0 unspecified atom stereocenters. The van der Waals surface area contributed by atoms with E-state index in [-0.39, 0.29) is 5.91 Å². The van der Waals surface area contributed by atoms with E-state index >= 15 is 0 Å². The summed E-state index contributed by atoms with van der Waals surface area (Å²) in [5.41, 5.74) is 3.48. The molecule has 0 radical (unpaired) electrons. The number of aryl methyl sites for hydroxylation is 2. The number of nitrogens with zero attached hydrogens (tertiary/aromatic N) is 1. The number of fused-ring (bicyclic) bond motifs is 4. The van der Waals surface area contributed by atoms with Crippen LogP contribution in [0.3, 0.4) is 0 Å². The van der Waals surface area contributed by atoms with Crippen molar-refractivity contribution in [2.24, 2.45) is 5.92 Å². The maximum atomic E-state index is 14.0. The van der Waals surface area contributed by atoms with Crippen molar-refractivity contribution in [1.29, 1.82) is 0 Å². The zero-order chi connectivity index (χ0) is 24.9. The van der Waals surface area contributed by atoms with Gasteiger partial charge in [0.25, 0.3) is 0 Å². The first-order valence-corrected chi connectivity index (χ1v) is 12.5. The number of rotatable bonds is 4. The zero-order valence-corrected chi connectivity index (χ0v) is 22.3. The Morgan fingerprint density at radius 2 is 1.97 bits per heavy atom. The SMILES string of the molecule is COc1ccc2c(c1)[C@H]1NC(=S)N(c3cccc(Br)c3)[C@](C)(O2)[C@@H]1C(=O)Nc1ccc(C)cc1C. The summed E-state index contributed by atoms with van der Waals surface area (Å²) in [5.74, 6) is 0.580. The van der Waals surface area contributed by atoms with Gasteiger partial charge in [0, 0.05) is 21.4 Å². The molecule has 3 aromatic carbocycles. The first-order valence-electron chi connectivity index (χ1n) is 11.3. The summed E-state index contributed by atoms with van der Waals surface area (Å²) in [6.45, 7) is 5.95. The Kier molecular flexibility index (Phi) is 5.97. The molecule has 1 fully saturated rings. The molecule has 2 N–H and O–H groups in total. The number of methoxy groups -OCH3 is 1. The van der Waals surface area contributed by atoms with Crippen LogP contribution in [0.5, 0.6) is 11.5 Å². The predicted octanol–water partition coefficient (Wildman–Crippen LogP) is 5.87. The average molecular weight is 552 g/mol. The number of ether oxygens (including phenoxy) is 2. The van der Waals surface area contributed by atoms with Crippen LogP contribution >= 0.6 is 28.1 Å². The minimum atomic E-state index is -1.09. The van der Waals surface area contributed by atoms with E-state index in [9.17, 15) is 4.79 Å². The van der Waals surface area contributed by atoms with Crippen LogP contribution in [0.1, 0.15) is 29.7 Å². The van der Waals surface area contributed by atoms with E-state index in [1.807, 2.05) is 80.3 Å². The lowest BCUT2D eigenvalue weighted by molar-refractivity contribution is -0.130. The molecule has 1 saturated heterocycles. The van der Waals surface area contributed by atoms with Crippen LogP contribution in [0.4, 0.5) is 11.4 Å². The van der Waals surface area contributed by atoms with Crippen LogP contribution in [0.2, 0.25) is 0 Å². The number of halogens is 1. The molecule has 35 heavy (non-hydrogen) atoms. The smallest absolute Gasteiger partial charge is 0.236 e. The van der Waals surface area contributed by atoms with Crippen LogP contribution in [-0.2, 0) is 4.79 Å². The maximum Gasteiger partial charge on any atom is 0.236 e. The number of anilines is 2. The topological polar surface area (TPSA) is 62.8 Å². The lowest BCUT2D eigenvalue weighted by atomic mass is 9.78. The van der Waals surface area contributed by atoms with E-state index in [1.54, 1.807) is 7.11 Å². The average Bonchev–Trinajstić information content (AvgIpc) is 2.80. The highest BCUT2D eigenvalue weighted by Gasteiger charge is 2.59. The van der Waals surface area contributed by atoms with Gasteiger partial charge in [-0.1, -0.05) is 39.7 Å². The van der Waals surface area contributed by atoms with Crippen LogP contribution in [0.25, 0.3) is 0 Å². The zero-order valence-electron chi connectivity index (χ0n) is 19.9. The molecule has 3 aromatic rings. The van der Waals surface area contributed by atoms with Gasteiger partial charge < -0.3 is 20.1 Å². The molecule has 8 heteroatoms. The fourth-order valence-electron chi connectivity index (χ4n) is 5.06. The van der Waals surface area contributed by atoms with Crippen molar-refractivity contribution >= 4 is 50.5 Å². The summed E-state index contributed by atoms with van der Waals surface area (Å²) < 4.78 is 13.0. The Labute approximate surface area is 218 Å². The third kappa shape index (κ3) is 4.04. The molecule has 2 aliphatic rings. The molecule has 0 aliphatic carbocycles. The van der Waals surface area contributed by atoms with E-state index in [0.717, 1.165) is 32.5 Å². The highest BCUT2D eigenvalue weighted by molar-refractivity contribution is 9.10. The summed E-state index contributed by atoms with van der Waals surface area (Å²) in [5, 5.41) is 7.07. The number of hydrogen-bond acceptors (Lipinski definition) is 4. The number of nitrogens with one attached hydrogen (secondary N) is 2. The quantitative estimate of drug-likeness (QED) is 0.395. The minimum Gasteiger partial charge on any atom is -0.497 e. The van der Waals surface area contributed by atoms with Crippen molar-refractivity contribution in [3.63, 3.8) is 0 Å². The Morgan fingerprint density at radius 3 is 2.69 bits per heavy atom. The van der Waals surface area contributed by atoms with Crippen molar-refractivity contribution in [1.82, 2.24) is 5.32 Å². The molecule has 2 heterocycles. The summed E-state index contributed by atoms with van der Waals surface area (Å²) >= 11 is 9.38. The van der Waals surface area contributed by atoms with Crippen LogP contribution in [-0.4, -0.2) is 23.9 Å². The second-order valence-corrected chi connectivity index (χ2v) is 10.4. The lowest BCUT2D eigenvalue weighted by Crippen LogP contribution is -2.72. The largest absolute Gasteiger partial charge is 0.497 e. The van der Waals surface area contributed by atoms with Gasteiger partial charge in [0.05, 0.1) is 13.2 Å². The van der Waals surface area contributed by atoms with E-state index in [4.69, 9.17) is 21.7 Å². The Morgan fingerprint density at radius 1 is 1.17 bits per heavy atom. The van der Waals surface area contributed by atoms with Gasteiger partial charge in [0.15, 0.2) is 10.8 Å². The van der Waals surface area contributed by atoms with Crippen molar-refractivity contribution in [2.45, 2.75) is 32.5 Å². The van der Waals surface area contributed by atoms with Crippen molar-refractivity contribution in [2.75, 3.05) is 17.3 Å². The predicted molar refractivity (Wildman–Crippen MR) is 145 cm³/mol. The highest BCUT2D eigenvalue weighted by atomic mass is 79.9. The number of amides is 1. The first-order chi connectivity index (χ1) is 16.7. The molecule has 0 saturated carbocycles. The second kappa shape index (κ2) is 8.84. The van der Waals surface area contributed by atoms with E-state index in [2.05, 4.69) is 32.6 Å². The van der Waals surface area contributed by atoms with Gasteiger partial charge in [-0.25, -0.2) is 0 Å². The molecular formula is C27H26BrN3O3S. The highest BCUT2D eigenvalue weighted by Crippen LogP contribution is 2.50. The summed E-state index contributed by atoms with van der Waals surface area (Å²) in [6, 6.07) is 19.0. The Balaban J connectivity index is 1.64. The molecule has 0 spiro atoms. The number of hydrogen-bond donors (Lipinski definition) is 2. The summed E-state index contributed by atoms with van der Waals surface area (Å²) in [7, 11) is 1.62. The fourth-order valence-corrected chi connectivity index (χ4v) is 5.86. The number of carbonyl (C=O) groups excluding carboxylic acids is 1.